The van der Waals surface area contributed by atoms with Crippen LogP contribution >= 0.6 is 0 Å². The van der Waals surface area contributed by atoms with Crippen LogP contribution in [-0.4, -0.2) is 87.7 Å². The number of hydrogen-bond acceptors (Lipinski definition) is 8. The van der Waals surface area contributed by atoms with E-state index in [0.29, 0.717) is 24.3 Å². The van der Waals surface area contributed by atoms with Gasteiger partial charge in [-0.3, -0.25) is 24.5 Å². The van der Waals surface area contributed by atoms with Crippen molar-refractivity contribution in [2.45, 2.75) is 25.3 Å². The molecule has 3 aromatic heterocycles. The van der Waals surface area contributed by atoms with Gasteiger partial charge in [0.1, 0.15) is 23.7 Å². The summed E-state index contributed by atoms with van der Waals surface area (Å²) in [5.41, 5.74) is 5.53. The number of hydrogen-bond donors (Lipinski definition) is 4. The van der Waals surface area contributed by atoms with Crippen LogP contribution < -0.4 is 21.3 Å². The summed E-state index contributed by atoms with van der Waals surface area (Å²) in [6.07, 6.45) is 5.06. The number of amides is 4. The maximum absolute atomic E-state index is 13.7. The molecule has 4 amide bonds. The fourth-order valence-corrected chi connectivity index (χ4v) is 6.85. The Morgan fingerprint density at radius 1 is 0.750 bits per heavy atom. The fourth-order valence-electron chi connectivity index (χ4n) is 6.85. The van der Waals surface area contributed by atoms with Crippen molar-refractivity contribution in [3.63, 3.8) is 0 Å². The molecular weight excluding hydrogens is 718 g/mol. The summed E-state index contributed by atoms with van der Waals surface area (Å²) in [5, 5.41) is 22.5. The molecule has 0 aliphatic heterocycles. The van der Waals surface area contributed by atoms with Crippen LogP contribution in [0.5, 0.6) is 0 Å². The summed E-state index contributed by atoms with van der Waals surface area (Å²) in [5.74, 6) is -1.46. The smallest absolute Gasteiger partial charge is 0.407 e. The molecule has 16 nitrogen and oxygen atoms in total. The average Bonchev–Trinajstić information content (AvgIpc) is 3.94. The summed E-state index contributed by atoms with van der Waals surface area (Å²) in [7, 11) is 7.15. The number of nitro groups is 1. The molecule has 16 heteroatoms. The van der Waals surface area contributed by atoms with Gasteiger partial charge >= 0.3 is 6.09 Å². The summed E-state index contributed by atoms with van der Waals surface area (Å²) in [4.78, 5) is 65.2. The first kappa shape index (κ1) is 39.0. The molecular formula is C40H45N9O7. The molecule has 5 aromatic rings. The molecule has 0 atom stereocenters. The van der Waals surface area contributed by atoms with Gasteiger partial charge in [0.15, 0.2) is 0 Å². The molecule has 6 rings (SSSR count). The first-order valence-corrected chi connectivity index (χ1v) is 18.2. The van der Waals surface area contributed by atoms with Gasteiger partial charge in [0.25, 0.3) is 23.4 Å². The van der Waals surface area contributed by atoms with E-state index in [9.17, 15) is 29.3 Å². The van der Waals surface area contributed by atoms with E-state index in [1.54, 1.807) is 34.6 Å². The van der Waals surface area contributed by atoms with E-state index in [1.807, 2.05) is 43.3 Å². The van der Waals surface area contributed by atoms with E-state index < -0.39 is 22.8 Å². The number of carbonyl (C=O) groups is 4. The maximum atomic E-state index is 13.7. The Labute approximate surface area is 323 Å². The fraction of sp³-hybridized carbons (Fsp3) is 0.300. The number of carbonyl (C=O) groups excluding carboxylic acids is 4. The molecule has 0 unspecified atom stereocenters. The molecule has 0 saturated heterocycles. The Morgan fingerprint density at radius 2 is 1.32 bits per heavy atom. The normalized spacial score (nSPS) is 11.9. The lowest BCUT2D eigenvalue weighted by Gasteiger charge is -2.15. The van der Waals surface area contributed by atoms with E-state index in [-0.39, 0.29) is 54.3 Å². The quantitative estimate of drug-likeness (QED) is 0.0601. The molecule has 0 bridgehead atoms. The SMILES string of the molecule is CN(C)CCCNC(=O)c1cc(NC(=O)c2cc(NC(=O)c3cc([N+](=O)[O-])cn3C)cn2CCCNC(=O)OCC2c3ccccc3-c3ccccc32)cn1C. The number of aryl methyl sites for hydroxylation is 3. The van der Waals surface area contributed by atoms with E-state index >= 15 is 0 Å². The van der Waals surface area contributed by atoms with Crippen LogP contribution in [-0.2, 0) is 25.4 Å². The standard InChI is InChI=1S/C40H45N9O7/c1-45(2)17-9-15-41-37(50)34-19-26(22-46(34)3)43-39(52)36-20-27(44-38(51)35-21-28(49(54)55)24-47(35)4)23-48(36)18-10-16-42-40(53)56-25-33-31-13-7-5-11-29(31)30-12-6-8-14-32(30)33/h5-8,11-14,19-24,33H,9-10,15-18,25H2,1-4H3,(H,41,50)(H,42,53)(H,43,52)(H,44,51). The predicted octanol–water partition coefficient (Wildman–Crippen LogP) is 5.19. The number of alkyl carbamates (subject to hydrolysis) is 1. The van der Waals surface area contributed by atoms with E-state index in [0.717, 1.165) is 35.2 Å². The number of ether oxygens (including phenoxy) is 1. The van der Waals surface area contributed by atoms with Gasteiger partial charge in [0.2, 0.25) is 0 Å². The van der Waals surface area contributed by atoms with Gasteiger partial charge in [-0.05, 0) is 67.9 Å². The van der Waals surface area contributed by atoms with E-state index in [1.165, 1.54) is 29.9 Å². The Hall–Kier alpha value is -6.68. The number of fused-ring (bicyclic) bond motifs is 3. The Kier molecular flexibility index (Phi) is 12.0. The summed E-state index contributed by atoms with van der Waals surface area (Å²) >= 11 is 0. The Bertz CT molecular complexity index is 2220. The zero-order chi connectivity index (χ0) is 39.9. The van der Waals surface area contributed by atoms with Crippen molar-refractivity contribution in [2.24, 2.45) is 14.1 Å². The van der Waals surface area contributed by atoms with Crippen LogP contribution in [0.2, 0.25) is 0 Å². The Morgan fingerprint density at radius 3 is 1.96 bits per heavy atom. The second-order valence-corrected chi connectivity index (χ2v) is 13.9. The zero-order valence-electron chi connectivity index (χ0n) is 31.7. The van der Waals surface area contributed by atoms with Gasteiger partial charge in [0, 0.05) is 58.1 Å². The molecule has 56 heavy (non-hydrogen) atoms. The number of rotatable bonds is 16. The second-order valence-electron chi connectivity index (χ2n) is 13.9. The number of benzene rings is 2. The predicted molar refractivity (Wildman–Crippen MR) is 211 cm³/mol. The van der Waals surface area contributed by atoms with Crippen molar-refractivity contribution in [3.8, 4) is 11.1 Å². The van der Waals surface area contributed by atoms with Crippen molar-refractivity contribution in [2.75, 3.05) is 51.0 Å². The largest absolute Gasteiger partial charge is 0.449 e. The van der Waals surface area contributed by atoms with E-state index in [2.05, 4.69) is 45.5 Å². The molecule has 0 fully saturated rings. The first-order chi connectivity index (χ1) is 26.9. The Balaban J connectivity index is 1.10. The van der Waals surface area contributed by atoms with Crippen LogP contribution in [0.25, 0.3) is 11.1 Å². The van der Waals surface area contributed by atoms with Crippen LogP contribution in [0, 0.1) is 10.1 Å². The van der Waals surface area contributed by atoms with Crippen molar-refractivity contribution in [1.29, 1.82) is 0 Å². The lowest BCUT2D eigenvalue weighted by atomic mass is 9.98. The van der Waals surface area contributed by atoms with Gasteiger partial charge in [-0.1, -0.05) is 48.5 Å². The average molecular weight is 764 g/mol. The molecule has 292 valence electrons. The topological polar surface area (TPSA) is 187 Å². The van der Waals surface area contributed by atoms with E-state index in [4.69, 9.17) is 4.74 Å². The lowest BCUT2D eigenvalue weighted by Crippen LogP contribution is -2.28. The molecule has 1 aliphatic carbocycles. The summed E-state index contributed by atoms with van der Waals surface area (Å²) in [6.45, 7) is 2.00. The van der Waals surface area contributed by atoms with Crippen molar-refractivity contribution >= 4 is 40.9 Å². The zero-order valence-corrected chi connectivity index (χ0v) is 31.7. The molecule has 1 aliphatic rings. The highest BCUT2D eigenvalue weighted by Crippen LogP contribution is 2.44. The molecule has 2 aromatic carbocycles. The minimum Gasteiger partial charge on any atom is -0.449 e. The molecule has 0 radical (unpaired) electrons. The monoisotopic (exact) mass is 763 g/mol. The van der Waals surface area contributed by atoms with Crippen LogP contribution in [0.3, 0.4) is 0 Å². The van der Waals surface area contributed by atoms with Gasteiger partial charge < -0.3 is 44.6 Å². The molecule has 0 spiro atoms. The third-order valence-electron chi connectivity index (χ3n) is 9.57. The molecule has 0 saturated carbocycles. The van der Waals surface area contributed by atoms with Crippen molar-refractivity contribution in [3.05, 3.63) is 124 Å². The minimum absolute atomic E-state index is 0.0551. The summed E-state index contributed by atoms with van der Waals surface area (Å²) < 4.78 is 10.3. The highest BCUT2D eigenvalue weighted by molar-refractivity contribution is 6.07. The first-order valence-electron chi connectivity index (χ1n) is 18.2. The highest BCUT2D eigenvalue weighted by atomic mass is 16.6. The third kappa shape index (κ3) is 8.98. The van der Waals surface area contributed by atoms with Gasteiger partial charge in [-0.2, -0.15) is 0 Å². The number of anilines is 2. The minimum atomic E-state index is -0.606. The van der Waals surface area contributed by atoms with Crippen LogP contribution in [0.1, 0.15) is 61.4 Å². The molecule has 4 N–H and O–H groups in total. The molecule has 3 heterocycles. The number of nitrogens with zero attached hydrogens (tertiary/aromatic N) is 5. The number of nitrogens with one attached hydrogen (secondary N) is 4. The number of aromatic nitrogens is 3. The van der Waals surface area contributed by atoms with Crippen LogP contribution in [0.4, 0.5) is 21.9 Å². The summed E-state index contributed by atoms with van der Waals surface area (Å²) in [6, 6.07) is 20.4. The third-order valence-corrected chi connectivity index (χ3v) is 9.57. The highest BCUT2D eigenvalue weighted by Gasteiger charge is 2.29. The van der Waals surface area contributed by atoms with Gasteiger partial charge in [-0.25, -0.2) is 4.79 Å². The van der Waals surface area contributed by atoms with Crippen molar-refractivity contribution < 1.29 is 28.8 Å². The lowest BCUT2D eigenvalue weighted by molar-refractivity contribution is -0.384. The van der Waals surface area contributed by atoms with Gasteiger partial charge in [-0.15, -0.1) is 0 Å². The maximum Gasteiger partial charge on any atom is 0.407 e. The second kappa shape index (κ2) is 17.2. The van der Waals surface area contributed by atoms with Crippen LogP contribution in [0.15, 0.2) is 85.3 Å². The van der Waals surface area contributed by atoms with Gasteiger partial charge in [0.05, 0.1) is 22.5 Å². The van der Waals surface area contributed by atoms with Crippen molar-refractivity contribution in [1.82, 2.24) is 29.2 Å².